The van der Waals surface area contributed by atoms with E-state index in [9.17, 15) is 33.9 Å². The van der Waals surface area contributed by atoms with E-state index in [0.717, 1.165) is 11.1 Å². The number of carboxylic acid groups (broad SMARTS) is 2. The van der Waals surface area contributed by atoms with Crippen molar-refractivity contribution in [3.63, 3.8) is 0 Å². The fraction of sp³-hybridized carbons (Fsp3) is 0.379. The van der Waals surface area contributed by atoms with Crippen molar-refractivity contribution < 1.29 is 39.0 Å². The molecule has 0 aromatic heterocycles. The van der Waals surface area contributed by atoms with Gasteiger partial charge >= 0.3 is 11.9 Å². The molecule has 214 valence electrons. The van der Waals surface area contributed by atoms with E-state index >= 15 is 0 Å². The first-order valence-electron chi connectivity index (χ1n) is 12.9. The van der Waals surface area contributed by atoms with E-state index in [0.29, 0.717) is 0 Å². The summed E-state index contributed by atoms with van der Waals surface area (Å²) in [5.74, 6) is -6.33. The fourth-order valence-electron chi connectivity index (χ4n) is 4.11. The zero-order valence-corrected chi connectivity index (χ0v) is 22.4. The van der Waals surface area contributed by atoms with E-state index < -0.39 is 66.5 Å². The summed E-state index contributed by atoms with van der Waals surface area (Å²) in [4.78, 5) is 73.3. The molecule has 0 spiro atoms. The van der Waals surface area contributed by atoms with Gasteiger partial charge in [-0.1, -0.05) is 74.5 Å². The summed E-state index contributed by atoms with van der Waals surface area (Å²) < 4.78 is 0. The second kappa shape index (κ2) is 15.8. The Morgan fingerprint density at radius 2 is 1.27 bits per heavy atom. The van der Waals surface area contributed by atoms with E-state index in [4.69, 9.17) is 5.11 Å². The van der Waals surface area contributed by atoms with Crippen LogP contribution in [0.5, 0.6) is 0 Å². The second-order valence-electron chi connectivity index (χ2n) is 9.79. The first kappa shape index (κ1) is 31.7. The van der Waals surface area contributed by atoms with E-state index in [2.05, 4.69) is 16.0 Å². The summed E-state index contributed by atoms with van der Waals surface area (Å²) in [7, 11) is 0. The number of carbonyl (C=O) groups is 6. The minimum atomic E-state index is -1.35. The Kier molecular flexibility index (Phi) is 12.5. The second-order valence-corrected chi connectivity index (χ2v) is 9.79. The number of rotatable bonds is 16. The first-order valence-corrected chi connectivity index (χ1v) is 12.9. The molecule has 5 N–H and O–H groups in total. The van der Waals surface area contributed by atoms with Crippen LogP contribution in [0.1, 0.15) is 56.7 Å². The van der Waals surface area contributed by atoms with Gasteiger partial charge in [-0.25, -0.2) is 0 Å². The Morgan fingerprint density at radius 1 is 0.750 bits per heavy atom. The van der Waals surface area contributed by atoms with Gasteiger partial charge in [0.1, 0.15) is 18.2 Å². The van der Waals surface area contributed by atoms with Crippen molar-refractivity contribution in [2.45, 2.75) is 57.7 Å². The van der Waals surface area contributed by atoms with Crippen molar-refractivity contribution >= 4 is 35.9 Å². The average Bonchev–Trinajstić information content (AvgIpc) is 2.92. The number of benzene rings is 2. The predicted octanol–water partition coefficient (Wildman–Crippen LogP) is 2.06. The van der Waals surface area contributed by atoms with E-state index in [-0.39, 0.29) is 25.0 Å². The summed E-state index contributed by atoms with van der Waals surface area (Å²) >= 11 is 0. The predicted molar refractivity (Wildman–Crippen MR) is 145 cm³/mol. The summed E-state index contributed by atoms with van der Waals surface area (Å²) in [6, 6.07) is 15.0. The van der Waals surface area contributed by atoms with Crippen LogP contribution >= 0.6 is 0 Å². The number of amides is 3. The Bertz CT molecular complexity index is 1130. The highest BCUT2D eigenvalue weighted by Crippen LogP contribution is 2.22. The Morgan fingerprint density at radius 3 is 1.73 bits per heavy atom. The van der Waals surface area contributed by atoms with Crippen LogP contribution in [0.4, 0.5) is 0 Å². The molecule has 3 unspecified atom stereocenters. The number of hydrogen-bond donors (Lipinski definition) is 5. The molecule has 0 fully saturated rings. The summed E-state index contributed by atoms with van der Waals surface area (Å²) in [6.07, 6.45) is -1.01. The lowest BCUT2D eigenvalue weighted by atomic mass is 9.94. The molecule has 0 aliphatic carbocycles. The maximum absolute atomic E-state index is 13.5. The molecule has 0 saturated carbocycles. The minimum Gasteiger partial charge on any atom is -0.481 e. The molecule has 11 nitrogen and oxygen atoms in total. The van der Waals surface area contributed by atoms with Gasteiger partial charge in [-0.3, -0.25) is 24.0 Å². The number of hydrogen-bond acceptors (Lipinski definition) is 6. The lowest BCUT2D eigenvalue weighted by Gasteiger charge is -2.26. The third-order valence-electron chi connectivity index (χ3n) is 6.06. The maximum Gasteiger partial charge on any atom is 0.305 e. The zero-order chi connectivity index (χ0) is 29.7. The number of nitrogens with one attached hydrogen (secondary N) is 3. The van der Waals surface area contributed by atoms with Crippen molar-refractivity contribution in [3.05, 3.63) is 71.8 Å². The van der Waals surface area contributed by atoms with E-state index in [1.165, 1.54) is 0 Å². The van der Waals surface area contributed by atoms with Crippen molar-refractivity contribution in [2.24, 2.45) is 11.8 Å². The third kappa shape index (κ3) is 10.3. The Hall–Kier alpha value is -4.54. The van der Waals surface area contributed by atoms with Gasteiger partial charge in [-0.05, 0) is 29.9 Å². The van der Waals surface area contributed by atoms with Crippen LogP contribution in [0.25, 0.3) is 0 Å². The van der Waals surface area contributed by atoms with Crippen LogP contribution in [-0.2, 0) is 28.8 Å². The molecule has 11 heteroatoms. The molecule has 3 atom stereocenters. The van der Waals surface area contributed by atoms with Crippen LogP contribution < -0.4 is 16.0 Å². The molecule has 2 rings (SSSR count). The van der Waals surface area contributed by atoms with Gasteiger partial charge in [-0.15, -0.1) is 0 Å². The van der Waals surface area contributed by atoms with Crippen molar-refractivity contribution in [1.29, 1.82) is 0 Å². The molecule has 0 bridgehead atoms. The fourth-order valence-corrected chi connectivity index (χ4v) is 4.11. The van der Waals surface area contributed by atoms with Gasteiger partial charge in [0.25, 0.3) is 0 Å². The van der Waals surface area contributed by atoms with Crippen LogP contribution in [0.15, 0.2) is 60.7 Å². The molecule has 0 saturated heterocycles. The highest BCUT2D eigenvalue weighted by molar-refractivity contribution is 6.02. The molecule has 2 aromatic rings. The van der Waals surface area contributed by atoms with Crippen LogP contribution in [0.2, 0.25) is 0 Å². The number of aldehydes is 1. The normalized spacial score (nSPS) is 13.1. The van der Waals surface area contributed by atoms with Gasteiger partial charge in [0.05, 0.1) is 18.5 Å². The molecule has 0 aliphatic heterocycles. The Labute approximate surface area is 232 Å². The van der Waals surface area contributed by atoms with Gasteiger partial charge in [-0.2, -0.15) is 0 Å². The standard InChI is InChI=1S/C29H35N3O8/c1-18(2)15-22(27(38)30-21(17-33)16-25(36)37)28(39)31-23(13-14-24(34)35)29(40)32-26(19-9-5-3-6-10-19)20-11-7-4-8-12-20/h3-12,17-18,21-23,26H,13-16H2,1-2H3,(H,30,38)(H,31,39)(H,32,40)(H,34,35)(H,36,37). The van der Waals surface area contributed by atoms with Gasteiger partial charge in [0.2, 0.25) is 17.7 Å². The summed E-state index contributed by atoms with van der Waals surface area (Å²) in [5, 5.41) is 25.9. The zero-order valence-electron chi connectivity index (χ0n) is 22.4. The molecule has 40 heavy (non-hydrogen) atoms. The molecule has 3 amide bonds. The quantitative estimate of drug-likeness (QED) is 0.155. The largest absolute Gasteiger partial charge is 0.481 e. The maximum atomic E-state index is 13.5. The topological polar surface area (TPSA) is 179 Å². The lowest BCUT2D eigenvalue weighted by Crippen LogP contribution is -2.52. The average molecular weight is 554 g/mol. The first-order chi connectivity index (χ1) is 19.0. The SMILES string of the molecule is CC(C)CC(C(=O)NC(C=O)CC(=O)O)C(=O)NC(CCC(=O)O)C(=O)NC(c1ccccc1)c1ccccc1. The lowest BCUT2D eigenvalue weighted by molar-refractivity contribution is -0.142. The molecule has 2 aromatic carbocycles. The molecular formula is C29H35N3O8. The van der Waals surface area contributed by atoms with Crippen molar-refractivity contribution in [3.8, 4) is 0 Å². The van der Waals surface area contributed by atoms with Crippen LogP contribution in [-0.4, -0.2) is 58.2 Å². The summed E-state index contributed by atoms with van der Waals surface area (Å²) in [6.45, 7) is 3.53. The monoisotopic (exact) mass is 553 g/mol. The van der Waals surface area contributed by atoms with Crippen LogP contribution in [0, 0.1) is 11.8 Å². The highest BCUT2D eigenvalue weighted by Gasteiger charge is 2.33. The van der Waals surface area contributed by atoms with Crippen molar-refractivity contribution in [2.75, 3.05) is 0 Å². The molecular weight excluding hydrogens is 518 g/mol. The highest BCUT2D eigenvalue weighted by atomic mass is 16.4. The smallest absolute Gasteiger partial charge is 0.305 e. The molecule has 0 radical (unpaired) electrons. The molecule has 0 heterocycles. The number of aliphatic carboxylic acids is 2. The van der Waals surface area contributed by atoms with E-state index in [1.807, 2.05) is 60.7 Å². The Balaban J connectivity index is 2.30. The number of carboxylic acids is 2. The van der Waals surface area contributed by atoms with E-state index in [1.54, 1.807) is 13.8 Å². The van der Waals surface area contributed by atoms with Gasteiger partial charge in [0.15, 0.2) is 0 Å². The molecule has 0 aliphatic rings. The third-order valence-corrected chi connectivity index (χ3v) is 6.06. The van der Waals surface area contributed by atoms with Gasteiger partial charge in [0, 0.05) is 6.42 Å². The van der Waals surface area contributed by atoms with Gasteiger partial charge < -0.3 is 31.0 Å². The summed E-state index contributed by atoms with van der Waals surface area (Å²) in [5.41, 5.74) is 1.53. The van der Waals surface area contributed by atoms with Crippen LogP contribution in [0.3, 0.4) is 0 Å². The number of carbonyl (C=O) groups excluding carboxylic acids is 4. The van der Waals surface area contributed by atoms with Crippen molar-refractivity contribution in [1.82, 2.24) is 16.0 Å². The minimum absolute atomic E-state index is 0.0419.